The summed E-state index contributed by atoms with van der Waals surface area (Å²) >= 11 is 0. The second kappa shape index (κ2) is 8.32. The van der Waals surface area contributed by atoms with Gasteiger partial charge < -0.3 is 19.5 Å². The molecule has 1 saturated carbocycles. The zero-order valence-corrected chi connectivity index (χ0v) is 17.8. The number of aliphatic hydroxyl groups is 1. The van der Waals surface area contributed by atoms with Crippen molar-refractivity contribution < 1.29 is 19.4 Å². The zero-order valence-electron chi connectivity index (χ0n) is 17.8. The van der Waals surface area contributed by atoms with Gasteiger partial charge in [-0.3, -0.25) is 4.79 Å². The van der Waals surface area contributed by atoms with Gasteiger partial charge in [-0.1, -0.05) is 13.0 Å². The third-order valence-electron chi connectivity index (χ3n) is 6.59. The highest BCUT2D eigenvalue weighted by Crippen LogP contribution is 2.47. The Hall–Kier alpha value is -1.75. The lowest BCUT2D eigenvalue weighted by Crippen LogP contribution is -2.38. The van der Waals surface area contributed by atoms with Crippen LogP contribution in [0.4, 0.5) is 0 Å². The van der Waals surface area contributed by atoms with Gasteiger partial charge in [-0.2, -0.15) is 0 Å². The third kappa shape index (κ3) is 4.00. The van der Waals surface area contributed by atoms with E-state index in [-0.39, 0.29) is 17.9 Å². The van der Waals surface area contributed by atoms with Crippen molar-refractivity contribution in [3.63, 3.8) is 0 Å². The normalized spacial score (nSPS) is 26.7. The molecule has 1 radical (unpaired) electrons. The Bertz CT molecular complexity index is 696. The molecule has 2 aliphatic rings. The molecule has 0 unspecified atom stereocenters. The first kappa shape index (κ1) is 21.0. The van der Waals surface area contributed by atoms with E-state index in [0.717, 1.165) is 35.8 Å². The first-order valence-electron chi connectivity index (χ1n) is 10.4. The number of aliphatic hydroxyl groups excluding tert-OH is 1. The second-order valence-electron chi connectivity index (χ2n) is 8.85. The maximum atomic E-state index is 12.6. The van der Waals surface area contributed by atoms with Crippen LogP contribution in [0, 0.1) is 11.3 Å². The molecule has 5 heteroatoms. The van der Waals surface area contributed by atoms with Crippen molar-refractivity contribution in [3.05, 3.63) is 29.7 Å². The Morgan fingerprint density at radius 1 is 1.25 bits per heavy atom. The van der Waals surface area contributed by atoms with Crippen LogP contribution in [0.3, 0.4) is 0 Å². The van der Waals surface area contributed by atoms with Crippen LogP contribution in [0.15, 0.2) is 18.2 Å². The fraction of sp³-hybridized carbons (Fsp3) is 0.652. The first-order chi connectivity index (χ1) is 13.3. The molecule has 1 heterocycles. The molecule has 1 aliphatic carbocycles. The number of rotatable bonds is 6. The summed E-state index contributed by atoms with van der Waals surface area (Å²) < 4.78 is 11.8. The van der Waals surface area contributed by atoms with Gasteiger partial charge in [0.05, 0.1) is 25.2 Å². The van der Waals surface area contributed by atoms with Gasteiger partial charge in [-0.25, -0.2) is 0 Å². The Labute approximate surface area is 169 Å². The van der Waals surface area contributed by atoms with Crippen LogP contribution in [0.1, 0.15) is 64.9 Å². The van der Waals surface area contributed by atoms with E-state index in [9.17, 15) is 9.90 Å². The number of carbonyl (C=O) groups excluding carboxylic acids is 1. The average Bonchev–Trinajstić information content (AvgIpc) is 3.29. The van der Waals surface area contributed by atoms with Gasteiger partial charge in [0.1, 0.15) is 0 Å². The molecule has 0 aromatic heterocycles. The molecule has 28 heavy (non-hydrogen) atoms. The first-order valence-corrected chi connectivity index (χ1v) is 10.4. The van der Waals surface area contributed by atoms with Crippen molar-refractivity contribution in [1.82, 2.24) is 4.90 Å². The lowest BCUT2D eigenvalue weighted by molar-refractivity contribution is -0.128. The molecular formula is C23H34NO4. The SMILES string of the molecule is COc1ccc([C@@H]2CN(C(=O)[C](C)C)C[C@@]2(C)[C@@H](C)O)cc1OC1CCCC1. The van der Waals surface area contributed by atoms with Crippen LogP contribution in [0.2, 0.25) is 0 Å². The van der Waals surface area contributed by atoms with E-state index in [4.69, 9.17) is 9.47 Å². The number of likely N-dealkylation sites (tertiary alicyclic amines) is 1. The largest absolute Gasteiger partial charge is 0.493 e. The lowest BCUT2D eigenvalue weighted by atomic mass is 9.72. The van der Waals surface area contributed by atoms with Crippen molar-refractivity contribution in [2.45, 2.75) is 71.5 Å². The molecule has 2 fully saturated rings. The monoisotopic (exact) mass is 388 g/mol. The van der Waals surface area contributed by atoms with Gasteiger partial charge in [0.15, 0.2) is 11.5 Å². The van der Waals surface area contributed by atoms with Crippen molar-refractivity contribution in [2.24, 2.45) is 5.41 Å². The highest BCUT2D eigenvalue weighted by Gasteiger charge is 2.48. The number of amides is 1. The van der Waals surface area contributed by atoms with Crippen LogP contribution in [-0.4, -0.2) is 48.3 Å². The summed E-state index contributed by atoms with van der Waals surface area (Å²) in [4.78, 5) is 14.5. The van der Waals surface area contributed by atoms with Gasteiger partial charge in [0, 0.05) is 24.4 Å². The van der Waals surface area contributed by atoms with Crippen LogP contribution in [0.25, 0.3) is 0 Å². The van der Waals surface area contributed by atoms with E-state index in [1.165, 1.54) is 12.8 Å². The third-order valence-corrected chi connectivity index (χ3v) is 6.59. The van der Waals surface area contributed by atoms with Crippen LogP contribution >= 0.6 is 0 Å². The van der Waals surface area contributed by atoms with Crippen molar-refractivity contribution in [1.29, 1.82) is 0 Å². The van der Waals surface area contributed by atoms with Gasteiger partial charge in [-0.15, -0.1) is 0 Å². The molecule has 155 valence electrons. The number of ether oxygens (including phenoxy) is 2. The Kier molecular flexibility index (Phi) is 6.23. The molecular weight excluding hydrogens is 354 g/mol. The summed E-state index contributed by atoms with van der Waals surface area (Å²) in [6.45, 7) is 8.72. The minimum Gasteiger partial charge on any atom is -0.493 e. The van der Waals surface area contributed by atoms with E-state index in [1.807, 2.05) is 37.8 Å². The van der Waals surface area contributed by atoms with E-state index in [1.54, 1.807) is 7.11 Å². The molecule has 0 bridgehead atoms. The number of benzene rings is 1. The van der Waals surface area contributed by atoms with Crippen LogP contribution in [0.5, 0.6) is 11.5 Å². The Morgan fingerprint density at radius 3 is 2.50 bits per heavy atom. The summed E-state index contributed by atoms with van der Waals surface area (Å²) in [6, 6.07) is 6.05. The van der Waals surface area contributed by atoms with Gasteiger partial charge in [0.25, 0.3) is 0 Å². The standard InChI is InChI=1S/C23H34NO4/c1-15(2)22(26)24-13-19(23(4,14-24)16(3)25)17-10-11-20(27-5)21(12-17)28-18-8-6-7-9-18/h10-12,16,18-19,25H,6-9,13-14H2,1-5H3/t16-,19+,23+/m1/s1. The molecule has 1 N–H and O–H groups in total. The molecule has 1 saturated heterocycles. The fourth-order valence-corrected chi connectivity index (χ4v) is 4.58. The second-order valence-corrected chi connectivity index (χ2v) is 8.85. The van der Waals surface area contributed by atoms with E-state index >= 15 is 0 Å². The average molecular weight is 389 g/mol. The van der Waals surface area contributed by atoms with E-state index < -0.39 is 11.5 Å². The predicted molar refractivity (Wildman–Crippen MR) is 110 cm³/mol. The molecule has 1 aromatic carbocycles. The number of hydrogen-bond donors (Lipinski definition) is 1. The van der Waals surface area contributed by atoms with Crippen LogP contribution < -0.4 is 9.47 Å². The Morgan fingerprint density at radius 2 is 1.93 bits per heavy atom. The molecule has 1 aliphatic heterocycles. The molecule has 3 atom stereocenters. The molecule has 0 spiro atoms. The molecule has 1 aromatic rings. The lowest BCUT2D eigenvalue weighted by Gasteiger charge is -2.34. The summed E-state index contributed by atoms with van der Waals surface area (Å²) in [6.07, 6.45) is 4.28. The maximum Gasteiger partial charge on any atom is 0.229 e. The van der Waals surface area contributed by atoms with E-state index in [2.05, 4.69) is 13.0 Å². The number of carbonyl (C=O) groups is 1. The van der Waals surface area contributed by atoms with Crippen molar-refractivity contribution in [2.75, 3.05) is 20.2 Å². The summed E-state index contributed by atoms with van der Waals surface area (Å²) in [5.74, 6) is 2.37. The Balaban J connectivity index is 1.91. The van der Waals surface area contributed by atoms with E-state index in [0.29, 0.717) is 13.1 Å². The predicted octanol–water partition coefficient (Wildman–Crippen LogP) is 3.94. The summed E-state index contributed by atoms with van der Waals surface area (Å²) in [5.41, 5.74) is 0.672. The number of nitrogens with zero attached hydrogens (tertiary/aromatic N) is 1. The van der Waals surface area contributed by atoms with Crippen LogP contribution in [-0.2, 0) is 4.79 Å². The maximum absolute atomic E-state index is 12.6. The summed E-state index contributed by atoms with van der Waals surface area (Å²) in [7, 11) is 1.66. The molecule has 1 amide bonds. The highest BCUT2D eigenvalue weighted by molar-refractivity contribution is 5.89. The van der Waals surface area contributed by atoms with Gasteiger partial charge in [0.2, 0.25) is 5.91 Å². The number of methoxy groups -OCH3 is 1. The summed E-state index contributed by atoms with van der Waals surface area (Å²) in [5, 5.41) is 10.6. The zero-order chi connectivity index (χ0) is 20.5. The molecule has 3 rings (SSSR count). The number of hydrogen-bond acceptors (Lipinski definition) is 4. The van der Waals surface area contributed by atoms with Crippen molar-refractivity contribution >= 4 is 5.91 Å². The highest BCUT2D eigenvalue weighted by atomic mass is 16.5. The smallest absolute Gasteiger partial charge is 0.229 e. The minimum atomic E-state index is -0.534. The van der Waals surface area contributed by atoms with Gasteiger partial charge in [-0.05, 0) is 64.2 Å². The fourth-order valence-electron chi connectivity index (χ4n) is 4.58. The topological polar surface area (TPSA) is 59.0 Å². The van der Waals surface area contributed by atoms with Gasteiger partial charge >= 0.3 is 0 Å². The minimum absolute atomic E-state index is 0.0348. The van der Waals surface area contributed by atoms with Crippen molar-refractivity contribution in [3.8, 4) is 11.5 Å². The quantitative estimate of drug-likeness (QED) is 0.802. The molecule has 5 nitrogen and oxygen atoms in total.